The minimum Gasteiger partial charge on any atom is -0.490 e. The Bertz CT molecular complexity index is 1040. The minimum atomic E-state index is -3.57. The van der Waals surface area contributed by atoms with E-state index in [-0.39, 0.29) is 22.9 Å². The van der Waals surface area contributed by atoms with Crippen LogP contribution in [0.25, 0.3) is 0 Å². The van der Waals surface area contributed by atoms with Gasteiger partial charge in [0.2, 0.25) is 10.0 Å². The SMILES string of the molecule is CN(C1CCCCC1)S(=O)(=O)c1ccc(NC(=O)c2ccccc2OCC2CCCO2)cc1. The second kappa shape index (κ2) is 10.7. The smallest absolute Gasteiger partial charge is 0.259 e. The molecule has 2 aromatic carbocycles. The number of carbonyl (C=O) groups is 1. The maximum atomic E-state index is 13.0. The van der Waals surface area contributed by atoms with Crippen molar-refractivity contribution in [2.24, 2.45) is 0 Å². The second-order valence-corrected chi connectivity index (χ2v) is 10.7. The van der Waals surface area contributed by atoms with Gasteiger partial charge in [0.05, 0.1) is 16.6 Å². The standard InChI is InChI=1S/C25H32N2O5S/c1-27(20-8-3-2-4-9-20)33(29,30)22-15-13-19(14-16-22)26-25(28)23-11-5-6-12-24(23)32-18-21-10-7-17-31-21/h5-6,11-16,20-21H,2-4,7-10,17-18H2,1H3,(H,26,28). The third-order valence-corrected chi connectivity index (χ3v) is 8.38. The van der Waals surface area contributed by atoms with Crippen LogP contribution in [0.1, 0.15) is 55.3 Å². The van der Waals surface area contributed by atoms with E-state index < -0.39 is 10.0 Å². The molecule has 2 fully saturated rings. The van der Waals surface area contributed by atoms with Crippen LogP contribution >= 0.6 is 0 Å². The minimum absolute atomic E-state index is 0.0502. The Balaban J connectivity index is 1.41. The van der Waals surface area contributed by atoms with Gasteiger partial charge in [0, 0.05) is 25.4 Å². The molecular weight excluding hydrogens is 440 g/mol. The van der Waals surface area contributed by atoms with Gasteiger partial charge in [-0.2, -0.15) is 4.31 Å². The van der Waals surface area contributed by atoms with Crippen molar-refractivity contribution >= 4 is 21.6 Å². The van der Waals surface area contributed by atoms with Crippen molar-refractivity contribution in [1.29, 1.82) is 0 Å². The number of benzene rings is 2. The van der Waals surface area contributed by atoms with Crippen LogP contribution in [0.5, 0.6) is 5.75 Å². The van der Waals surface area contributed by atoms with Crippen molar-refractivity contribution < 1.29 is 22.7 Å². The Labute approximate surface area is 196 Å². The summed E-state index contributed by atoms with van der Waals surface area (Å²) in [6.45, 7) is 1.16. The number of para-hydroxylation sites is 1. The van der Waals surface area contributed by atoms with Gasteiger partial charge in [-0.3, -0.25) is 4.79 Å². The third kappa shape index (κ3) is 5.75. The number of sulfonamides is 1. The van der Waals surface area contributed by atoms with Crippen molar-refractivity contribution in [3.05, 3.63) is 54.1 Å². The molecule has 1 atom stereocenters. The Morgan fingerprint density at radius 3 is 2.45 bits per heavy atom. The zero-order valence-electron chi connectivity index (χ0n) is 19.0. The van der Waals surface area contributed by atoms with E-state index in [0.717, 1.165) is 45.1 Å². The summed E-state index contributed by atoms with van der Waals surface area (Å²) in [4.78, 5) is 13.1. The molecule has 1 unspecified atom stereocenters. The topological polar surface area (TPSA) is 84.9 Å². The Morgan fingerprint density at radius 1 is 1.03 bits per heavy atom. The van der Waals surface area contributed by atoms with E-state index in [1.165, 1.54) is 10.7 Å². The molecule has 4 rings (SSSR count). The van der Waals surface area contributed by atoms with Gasteiger partial charge in [-0.05, 0) is 62.1 Å². The zero-order valence-corrected chi connectivity index (χ0v) is 19.9. The van der Waals surface area contributed by atoms with E-state index in [4.69, 9.17) is 9.47 Å². The molecule has 1 amide bonds. The highest BCUT2D eigenvalue weighted by molar-refractivity contribution is 7.89. The van der Waals surface area contributed by atoms with Crippen LogP contribution in [0, 0.1) is 0 Å². The lowest BCUT2D eigenvalue weighted by Gasteiger charge is -2.30. The number of nitrogens with zero attached hydrogens (tertiary/aromatic N) is 1. The van der Waals surface area contributed by atoms with Crippen molar-refractivity contribution in [1.82, 2.24) is 4.31 Å². The van der Waals surface area contributed by atoms with E-state index in [1.54, 1.807) is 49.5 Å². The van der Waals surface area contributed by atoms with Crippen LogP contribution in [0.4, 0.5) is 5.69 Å². The predicted octanol–water partition coefficient (Wildman–Crippen LogP) is 4.45. The molecule has 1 N–H and O–H groups in total. The maximum absolute atomic E-state index is 13.0. The molecule has 0 spiro atoms. The van der Waals surface area contributed by atoms with Gasteiger partial charge < -0.3 is 14.8 Å². The Hall–Kier alpha value is -2.42. The highest BCUT2D eigenvalue weighted by atomic mass is 32.2. The number of hydrogen-bond acceptors (Lipinski definition) is 5. The summed E-state index contributed by atoms with van der Waals surface area (Å²) in [6.07, 6.45) is 7.14. The Kier molecular flexibility index (Phi) is 7.67. The first-order valence-electron chi connectivity index (χ1n) is 11.7. The van der Waals surface area contributed by atoms with E-state index >= 15 is 0 Å². The molecule has 1 saturated heterocycles. The number of amides is 1. The largest absolute Gasteiger partial charge is 0.490 e. The van der Waals surface area contributed by atoms with Gasteiger partial charge in [0.25, 0.3) is 5.91 Å². The van der Waals surface area contributed by atoms with Gasteiger partial charge in [-0.1, -0.05) is 31.4 Å². The molecule has 2 aromatic rings. The van der Waals surface area contributed by atoms with Crippen LogP contribution in [-0.4, -0.2) is 51.0 Å². The van der Waals surface area contributed by atoms with Crippen LogP contribution in [-0.2, 0) is 14.8 Å². The average molecular weight is 473 g/mol. The first kappa shape index (κ1) is 23.7. The lowest BCUT2D eigenvalue weighted by atomic mass is 9.96. The fraction of sp³-hybridized carbons (Fsp3) is 0.480. The van der Waals surface area contributed by atoms with Gasteiger partial charge in [-0.15, -0.1) is 0 Å². The quantitative estimate of drug-likeness (QED) is 0.614. The number of rotatable bonds is 8. The number of hydrogen-bond donors (Lipinski definition) is 1. The summed E-state index contributed by atoms with van der Waals surface area (Å²) in [5, 5.41) is 2.84. The molecule has 0 aromatic heterocycles. The molecule has 0 radical (unpaired) electrons. The zero-order chi connectivity index (χ0) is 23.3. The van der Waals surface area contributed by atoms with E-state index in [2.05, 4.69) is 5.32 Å². The predicted molar refractivity (Wildman–Crippen MR) is 127 cm³/mol. The van der Waals surface area contributed by atoms with Crippen molar-refractivity contribution in [3.63, 3.8) is 0 Å². The first-order valence-corrected chi connectivity index (χ1v) is 13.1. The van der Waals surface area contributed by atoms with Gasteiger partial charge in [0.1, 0.15) is 12.4 Å². The molecule has 7 nitrogen and oxygen atoms in total. The normalized spacial score (nSPS) is 19.5. The summed E-state index contributed by atoms with van der Waals surface area (Å²) >= 11 is 0. The molecule has 0 bridgehead atoms. The summed E-state index contributed by atoms with van der Waals surface area (Å²) in [6, 6.07) is 13.5. The maximum Gasteiger partial charge on any atom is 0.259 e. The van der Waals surface area contributed by atoms with Crippen LogP contribution in [0.3, 0.4) is 0 Å². The van der Waals surface area contributed by atoms with Crippen molar-refractivity contribution in [2.45, 2.75) is 62.0 Å². The molecule has 178 valence electrons. The van der Waals surface area contributed by atoms with Crippen molar-refractivity contribution in [2.75, 3.05) is 25.6 Å². The van der Waals surface area contributed by atoms with Gasteiger partial charge in [-0.25, -0.2) is 8.42 Å². The Morgan fingerprint density at radius 2 is 1.76 bits per heavy atom. The van der Waals surface area contributed by atoms with Gasteiger partial charge >= 0.3 is 0 Å². The molecule has 8 heteroatoms. The lowest BCUT2D eigenvalue weighted by Crippen LogP contribution is -2.38. The third-order valence-electron chi connectivity index (χ3n) is 6.46. The lowest BCUT2D eigenvalue weighted by molar-refractivity contribution is 0.0673. The van der Waals surface area contributed by atoms with E-state index in [0.29, 0.717) is 23.6 Å². The molecule has 1 heterocycles. The fourth-order valence-corrected chi connectivity index (χ4v) is 5.87. The van der Waals surface area contributed by atoms with Gasteiger partial charge in [0.15, 0.2) is 0 Å². The summed E-state index contributed by atoms with van der Waals surface area (Å²) < 4.78 is 39.0. The summed E-state index contributed by atoms with van der Waals surface area (Å²) in [5.74, 6) is 0.187. The molecule has 1 saturated carbocycles. The summed E-state index contributed by atoms with van der Waals surface area (Å²) in [5.41, 5.74) is 0.942. The monoisotopic (exact) mass is 472 g/mol. The number of anilines is 1. The fourth-order valence-electron chi connectivity index (χ4n) is 4.45. The van der Waals surface area contributed by atoms with E-state index in [9.17, 15) is 13.2 Å². The molecule has 1 aliphatic carbocycles. The van der Waals surface area contributed by atoms with Crippen LogP contribution < -0.4 is 10.1 Å². The summed E-state index contributed by atoms with van der Waals surface area (Å²) in [7, 11) is -1.91. The van der Waals surface area contributed by atoms with Crippen LogP contribution in [0.15, 0.2) is 53.4 Å². The molecule has 33 heavy (non-hydrogen) atoms. The number of ether oxygens (including phenoxy) is 2. The van der Waals surface area contributed by atoms with Crippen LogP contribution in [0.2, 0.25) is 0 Å². The first-order chi connectivity index (χ1) is 15.9. The van der Waals surface area contributed by atoms with Crippen molar-refractivity contribution in [3.8, 4) is 5.75 Å². The second-order valence-electron chi connectivity index (χ2n) is 8.73. The molecular formula is C25H32N2O5S. The number of carbonyl (C=O) groups excluding carboxylic acids is 1. The van der Waals surface area contributed by atoms with E-state index in [1.807, 2.05) is 6.07 Å². The molecule has 2 aliphatic rings. The molecule has 1 aliphatic heterocycles. The number of nitrogens with one attached hydrogen (secondary N) is 1. The average Bonchev–Trinajstić information content (AvgIpc) is 3.37. The highest BCUT2D eigenvalue weighted by Gasteiger charge is 2.29. The highest BCUT2D eigenvalue weighted by Crippen LogP contribution is 2.27.